The molecular formula is C15H17N3O2. The summed E-state index contributed by atoms with van der Waals surface area (Å²) in [6.07, 6.45) is 2.52. The van der Waals surface area contributed by atoms with Crippen LogP contribution in [0.4, 0.5) is 0 Å². The molecule has 1 heterocycles. The van der Waals surface area contributed by atoms with Gasteiger partial charge in [-0.1, -0.05) is 35.5 Å². The van der Waals surface area contributed by atoms with Gasteiger partial charge in [0.2, 0.25) is 0 Å². The van der Waals surface area contributed by atoms with Gasteiger partial charge in [0.25, 0.3) is 0 Å². The van der Waals surface area contributed by atoms with Gasteiger partial charge in [-0.15, -0.1) is 0 Å². The predicted molar refractivity (Wildman–Crippen MR) is 76.5 cm³/mol. The summed E-state index contributed by atoms with van der Waals surface area (Å²) in [4.78, 5) is 4.23. The Labute approximate surface area is 117 Å². The van der Waals surface area contributed by atoms with Crippen LogP contribution in [0.5, 0.6) is 0 Å². The van der Waals surface area contributed by atoms with Crippen molar-refractivity contribution < 1.29 is 9.94 Å². The Morgan fingerprint density at radius 1 is 1.20 bits per heavy atom. The van der Waals surface area contributed by atoms with Crippen LogP contribution in [0.2, 0.25) is 0 Å². The first-order chi connectivity index (χ1) is 9.81. The minimum atomic E-state index is 0.0916. The molecule has 0 fully saturated rings. The van der Waals surface area contributed by atoms with Crippen LogP contribution in [0, 0.1) is 0 Å². The van der Waals surface area contributed by atoms with Gasteiger partial charge in [0, 0.05) is 23.9 Å². The van der Waals surface area contributed by atoms with Crippen LogP contribution >= 0.6 is 0 Å². The monoisotopic (exact) mass is 271 g/mol. The average molecular weight is 271 g/mol. The van der Waals surface area contributed by atoms with Crippen molar-refractivity contribution in [3.63, 3.8) is 0 Å². The standard InChI is InChI=1S/C15H17N3O2/c16-15(18-19)14-7-2-1-5-12(14)11-20-10-8-13-6-3-4-9-17-13/h1-7,9,19H,8,10-11H2,(H2,16,18). The lowest BCUT2D eigenvalue weighted by molar-refractivity contribution is 0.123. The molecule has 0 aliphatic rings. The normalized spacial score (nSPS) is 11.5. The molecular weight excluding hydrogens is 254 g/mol. The van der Waals surface area contributed by atoms with Crippen LogP contribution in [-0.4, -0.2) is 22.6 Å². The first-order valence-corrected chi connectivity index (χ1v) is 6.34. The second-order valence-electron chi connectivity index (χ2n) is 4.27. The van der Waals surface area contributed by atoms with Crippen molar-refractivity contribution in [2.24, 2.45) is 10.9 Å². The second-order valence-corrected chi connectivity index (χ2v) is 4.27. The van der Waals surface area contributed by atoms with Gasteiger partial charge in [-0.05, 0) is 17.7 Å². The van der Waals surface area contributed by atoms with Crippen molar-refractivity contribution in [3.05, 3.63) is 65.5 Å². The molecule has 5 heteroatoms. The summed E-state index contributed by atoms with van der Waals surface area (Å²) in [5, 5.41) is 11.8. The zero-order valence-electron chi connectivity index (χ0n) is 11.1. The maximum atomic E-state index is 8.75. The van der Waals surface area contributed by atoms with Crippen LogP contribution in [0.3, 0.4) is 0 Å². The van der Waals surface area contributed by atoms with Gasteiger partial charge in [-0.25, -0.2) is 0 Å². The largest absolute Gasteiger partial charge is 0.409 e. The summed E-state index contributed by atoms with van der Waals surface area (Å²) in [7, 11) is 0. The topological polar surface area (TPSA) is 80.7 Å². The Kier molecular flexibility index (Phi) is 5.08. The van der Waals surface area contributed by atoms with Crippen molar-refractivity contribution in [1.29, 1.82) is 0 Å². The van der Waals surface area contributed by atoms with Crippen LogP contribution in [0.1, 0.15) is 16.8 Å². The Bertz CT molecular complexity index is 570. The lowest BCUT2D eigenvalue weighted by Crippen LogP contribution is -2.16. The molecule has 0 aliphatic carbocycles. The number of pyridine rings is 1. The highest BCUT2D eigenvalue weighted by molar-refractivity contribution is 5.98. The zero-order valence-corrected chi connectivity index (χ0v) is 11.1. The van der Waals surface area contributed by atoms with Crippen LogP contribution < -0.4 is 5.73 Å². The molecule has 5 nitrogen and oxygen atoms in total. The van der Waals surface area contributed by atoms with Gasteiger partial charge in [-0.2, -0.15) is 0 Å². The fourth-order valence-electron chi connectivity index (χ4n) is 1.85. The third-order valence-corrected chi connectivity index (χ3v) is 2.89. The number of oxime groups is 1. The molecule has 2 rings (SSSR count). The molecule has 0 radical (unpaired) electrons. The molecule has 0 saturated carbocycles. The lowest BCUT2D eigenvalue weighted by atomic mass is 10.1. The third kappa shape index (κ3) is 3.80. The summed E-state index contributed by atoms with van der Waals surface area (Å²) in [6, 6.07) is 13.2. The highest BCUT2D eigenvalue weighted by atomic mass is 16.5. The van der Waals surface area contributed by atoms with E-state index >= 15 is 0 Å². The summed E-state index contributed by atoms with van der Waals surface area (Å²) < 4.78 is 5.63. The molecule has 0 saturated heterocycles. The predicted octanol–water partition coefficient (Wildman–Crippen LogP) is 1.94. The van der Waals surface area contributed by atoms with Crippen LogP contribution in [0.15, 0.2) is 53.8 Å². The van der Waals surface area contributed by atoms with E-state index in [0.717, 1.165) is 17.7 Å². The molecule has 1 aromatic carbocycles. The molecule has 20 heavy (non-hydrogen) atoms. The number of hydrogen-bond acceptors (Lipinski definition) is 4. The number of aromatic nitrogens is 1. The van der Waals surface area contributed by atoms with E-state index in [4.69, 9.17) is 15.7 Å². The van der Waals surface area contributed by atoms with Crippen molar-refractivity contribution in [2.45, 2.75) is 13.0 Å². The van der Waals surface area contributed by atoms with Crippen molar-refractivity contribution in [2.75, 3.05) is 6.61 Å². The number of amidine groups is 1. The van der Waals surface area contributed by atoms with Gasteiger partial charge < -0.3 is 15.7 Å². The first-order valence-electron chi connectivity index (χ1n) is 6.34. The van der Waals surface area contributed by atoms with Gasteiger partial charge in [-0.3, -0.25) is 4.98 Å². The van der Waals surface area contributed by atoms with E-state index in [2.05, 4.69) is 10.1 Å². The number of nitrogens with two attached hydrogens (primary N) is 1. The van der Waals surface area contributed by atoms with Gasteiger partial charge >= 0.3 is 0 Å². The number of hydrogen-bond donors (Lipinski definition) is 2. The maximum absolute atomic E-state index is 8.75. The molecule has 3 N–H and O–H groups in total. The summed E-state index contributed by atoms with van der Waals surface area (Å²) in [5.41, 5.74) is 8.20. The molecule has 0 unspecified atom stereocenters. The Balaban J connectivity index is 1.88. The van der Waals surface area contributed by atoms with E-state index in [-0.39, 0.29) is 5.84 Å². The quantitative estimate of drug-likeness (QED) is 0.276. The molecule has 0 aliphatic heterocycles. The van der Waals surface area contributed by atoms with Crippen molar-refractivity contribution >= 4 is 5.84 Å². The summed E-state index contributed by atoms with van der Waals surface area (Å²) in [5.74, 6) is 0.0916. The van der Waals surface area contributed by atoms with E-state index < -0.39 is 0 Å². The summed E-state index contributed by atoms with van der Waals surface area (Å²) >= 11 is 0. The van der Waals surface area contributed by atoms with E-state index in [1.165, 1.54) is 0 Å². The average Bonchev–Trinajstić information content (AvgIpc) is 2.52. The number of ether oxygens (including phenoxy) is 1. The van der Waals surface area contributed by atoms with E-state index in [1.54, 1.807) is 12.3 Å². The van der Waals surface area contributed by atoms with Gasteiger partial charge in [0.1, 0.15) is 0 Å². The minimum absolute atomic E-state index is 0.0916. The minimum Gasteiger partial charge on any atom is -0.409 e. The van der Waals surface area contributed by atoms with E-state index in [0.29, 0.717) is 18.8 Å². The zero-order chi connectivity index (χ0) is 14.2. The van der Waals surface area contributed by atoms with Crippen molar-refractivity contribution in [1.82, 2.24) is 4.98 Å². The first kappa shape index (κ1) is 14.0. The molecule has 0 atom stereocenters. The number of rotatable bonds is 6. The highest BCUT2D eigenvalue weighted by Crippen LogP contribution is 2.10. The van der Waals surface area contributed by atoms with Crippen LogP contribution in [-0.2, 0) is 17.8 Å². The molecule has 0 bridgehead atoms. The van der Waals surface area contributed by atoms with Gasteiger partial charge in [0.05, 0.1) is 13.2 Å². The number of benzene rings is 1. The van der Waals surface area contributed by atoms with Crippen molar-refractivity contribution in [3.8, 4) is 0 Å². The smallest absolute Gasteiger partial charge is 0.170 e. The summed E-state index contributed by atoms with van der Waals surface area (Å²) in [6.45, 7) is 0.987. The molecule has 0 spiro atoms. The lowest BCUT2D eigenvalue weighted by Gasteiger charge is -2.08. The second kappa shape index (κ2) is 7.25. The van der Waals surface area contributed by atoms with Crippen LogP contribution in [0.25, 0.3) is 0 Å². The van der Waals surface area contributed by atoms with Gasteiger partial charge in [0.15, 0.2) is 5.84 Å². The van der Waals surface area contributed by atoms with E-state index in [1.807, 2.05) is 36.4 Å². The fraction of sp³-hybridized carbons (Fsp3) is 0.200. The third-order valence-electron chi connectivity index (χ3n) is 2.89. The maximum Gasteiger partial charge on any atom is 0.170 e. The molecule has 0 amide bonds. The molecule has 104 valence electrons. The molecule has 1 aromatic heterocycles. The highest BCUT2D eigenvalue weighted by Gasteiger charge is 2.06. The fourth-order valence-corrected chi connectivity index (χ4v) is 1.85. The number of nitrogens with zero attached hydrogens (tertiary/aromatic N) is 2. The molecule has 2 aromatic rings. The SMILES string of the molecule is N/C(=N\O)c1ccccc1COCCc1ccccn1. The van der Waals surface area contributed by atoms with E-state index in [9.17, 15) is 0 Å². The Morgan fingerprint density at radius 2 is 2.00 bits per heavy atom. The Hall–Kier alpha value is -2.40. The Morgan fingerprint density at radius 3 is 2.75 bits per heavy atom.